The van der Waals surface area contributed by atoms with E-state index in [1.165, 1.54) is 47.4 Å². The molecule has 0 aliphatic rings. The van der Waals surface area contributed by atoms with E-state index in [0.29, 0.717) is 33.8 Å². The number of nitrogens with one attached hydrogen (secondary N) is 2. The minimum Gasteiger partial charge on any atom is -0.322 e. The van der Waals surface area contributed by atoms with Crippen molar-refractivity contribution in [3.63, 3.8) is 0 Å². The van der Waals surface area contributed by atoms with Gasteiger partial charge >= 0.3 is 0 Å². The summed E-state index contributed by atoms with van der Waals surface area (Å²) in [6.45, 7) is 1.94. The SMILES string of the molecule is CCC(Sc1nnc(-c2ccc(NC(=O)c3ccc(F)cc3)cc2)n1C)C(=O)Nc1nccs1. The molecule has 4 rings (SSSR count). The van der Waals surface area contributed by atoms with Crippen LogP contribution in [0.2, 0.25) is 0 Å². The molecule has 0 bridgehead atoms. The third-order valence-corrected chi connectivity index (χ3v) is 7.00. The molecule has 0 fully saturated rings. The van der Waals surface area contributed by atoms with Gasteiger partial charge in [-0.3, -0.25) is 9.59 Å². The number of rotatable bonds is 8. The van der Waals surface area contributed by atoms with Gasteiger partial charge in [-0.15, -0.1) is 21.5 Å². The number of halogens is 1. The van der Waals surface area contributed by atoms with Gasteiger partial charge in [-0.05, 0) is 55.0 Å². The first-order valence-electron chi connectivity index (χ1n) is 10.4. The number of anilines is 2. The Balaban J connectivity index is 1.43. The summed E-state index contributed by atoms with van der Waals surface area (Å²) < 4.78 is 14.9. The summed E-state index contributed by atoms with van der Waals surface area (Å²) in [6, 6.07) is 12.5. The van der Waals surface area contributed by atoms with Crippen molar-refractivity contribution in [1.29, 1.82) is 0 Å². The Morgan fingerprint density at radius 2 is 1.82 bits per heavy atom. The predicted molar refractivity (Wildman–Crippen MR) is 131 cm³/mol. The van der Waals surface area contributed by atoms with E-state index in [9.17, 15) is 14.0 Å². The molecule has 1 unspecified atom stereocenters. The van der Waals surface area contributed by atoms with Crippen LogP contribution in [0.5, 0.6) is 0 Å². The highest BCUT2D eigenvalue weighted by Gasteiger charge is 2.22. The highest BCUT2D eigenvalue weighted by Crippen LogP contribution is 2.28. The lowest BCUT2D eigenvalue weighted by Crippen LogP contribution is -2.24. The maximum absolute atomic E-state index is 13.1. The topological polar surface area (TPSA) is 102 Å². The van der Waals surface area contributed by atoms with Crippen LogP contribution in [-0.4, -0.2) is 36.8 Å². The molecule has 34 heavy (non-hydrogen) atoms. The zero-order chi connectivity index (χ0) is 24.1. The molecule has 0 aliphatic heterocycles. The Morgan fingerprint density at radius 1 is 1.09 bits per heavy atom. The number of benzene rings is 2. The van der Waals surface area contributed by atoms with Crippen LogP contribution in [0, 0.1) is 5.82 Å². The summed E-state index contributed by atoms with van der Waals surface area (Å²) in [4.78, 5) is 29.0. The number of aromatic nitrogens is 4. The highest BCUT2D eigenvalue weighted by atomic mass is 32.2. The van der Waals surface area contributed by atoms with Gasteiger partial charge in [0.15, 0.2) is 16.1 Å². The van der Waals surface area contributed by atoms with Crippen molar-refractivity contribution in [2.45, 2.75) is 23.8 Å². The molecule has 2 aromatic heterocycles. The summed E-state index contributed by atoms with van der Waals surface area (Å²) in [5.41, 5.74) is 1.77. The summed E-state index contributed by atoms with van der Waals surface area (Å²) in [7, 11) is 1.84. The number of hydrogen-bond donors (Lipinski definition) is 2. The first kappa shape index (κ1) is 23.6. The fourth-order valence-corrected chi connectivity index (χ4v) is 4.55. The summed E-state index contributed by atoms with van der Waals surface area (Å²) in [6.07, 6.45) is 2.26. The number of thioether (sulfide) groups is 1. The van der Waals surface area contributed by atoms with Crippen LogP contribution in [0.25, 0.3) is 11.4 Å². The fraction of sp³-hybridized carbons (Fsp3) is 0.174. The largest absolute Gasteiger partial charge is 0.322 e. The van der Waals surface area contributed by atoms with Crippen molar-refractivity contribution in [1.82, 2.24) is 19.7 Å². The second-order valence-electron chi connectivity index (χ2n) is 7.24. The average Bonchev–Trinajstić information content (AvgIpc) is 3.48. The number of nitrogens with zero attached hydrogens (tertiary/aromatic N) is 4. The van der Waals surface area contributed by atoms with Gasteiger partial charge in [0.2, 0.25) is 5.91 Å². The fourth-order valence-electron chi connectivity index (χ4n) is 3.10. The molecule has 0 saturated heterocycles. The van der Waals surface area contributed by atoms with Crippen molar-refractivity contribution >= 4 is 45.7 Å². The molecule has 11 heteroatoms. The predicted octanol–water partition coefficient (Wildman–Crippen LogP) is 4.84. The quantitative estimate of drug-likeness (QED) is 0.339. The zero-order valence-electron chi connectivity index (χ0n) is 18.4. The van der Waals surface area contributed by atoms with Gasteiger partial charge in [0, 0.05) is 35.4 Å². The maximum atomic E-state index is 13.1. The lowest BCUT2D eigenvalue weighted by molar-refractivity contribution is -0.115. The van der Waals surface area contributed by atoms with Crippen molar-refractivity contribution < 1.29 is 14.0 Å². The van der Waals surface area contributed by atoms with E-state index >= 15 is 0 Å². The third-order valence-electron chi connectivity index (χ3n) is 4.92. The molecule has 0 spiro atoms. The first-order valence-corrected chi connectivity index (χ1v) is 12.1. The molecule has 0 saturated carbocycles. The summed E-state index contributed by atoms with van der Waals surface area (Å²) in [5, 5.41) is 16.8. The van der Waals surface area contributed by atoms with Crippen molar-refractivity contribution in [3.05, 3.63) is 71.5 Å². The Labute approximate surface area is 203 Å². The Kier molecular flexibility index (Phi) is 7.33. The lowest BCUT2D eigenvalue weighted by atomic mass is 10.1. The minimum atomic E-state index is -0.396. The molecule has 0 aliphatic carbocycles. The number of carbonyl (C=O) groups excluding carboxylic acids is 2. The zero-order valence-corrected chi connectivity index (χ0v) is 20.0. The van der Waals surface area contributed by atoms with Crippen LogP contribution in [0.1, 0.15) is 23.7 Å². The standard InChI is InChI=1S/C23H21FN6O2S2/c1-3-18(21(32)27-22-25-12-13-33-22)34-23-29-28-19(30(23)2)14-6-10-17(11-7-14)26-20(31)15-4-8-16(24)9-5-15/h4-13,18H,3H2,1-2H3,(H,26,31)(H,25,27,32). The van der Waals surface area contributed by atoms with E-state index in [1.54, 1.807) is 23.7 Å². The lowest BCUT2D eigenvalue weighted by Gasteiger charge is -2.13. The van der Waals surface area contributed by atoms with E-state index < -0.39 is 5.82 Å². The molecule has 4 aromatic rings. The molecular weight excluding hydrogens is 475 g/mol. The van der Waals surface area contributed by atoms with Crippen LogP contribution >= 0.6 is 23.1 Å². The van der Waals surface area contributed by atoms with Gasteiger partial charge in [-0.2, -0.15) is 0 Å². The molecular formula is C23H21FN6O2S2. The minimum absolute atomic E-state index is 0.131. The van der Waals surface area contributed by atoms with Crippen molar-refractivity contribution in [3.8, 4) is 11.4 Å². The van der Waals surface area contributed by atoms with Gasteiger partial charge in [0.25, 0.3) is 5.91 Å². The highest BCUT2D eigenvalue weighted by molar-refractivity contribution is 8.00. The Morgan fingerprint density at radius 3 is 2.47 bits per heavy atom. The molecule has 2 heterocycles. The van der Waals surface area contributed by atoms with Gasteiger partial charge in [0.1, 0.15) is 5.82 Å². The van der Waals surface area contributed by atoms with E-state index in [1.807, 2.05) is 30.7 Å². The van der Waals surface area contributed by atoms with E-state index in [2.05, 4.69) is 25.8 Å². The second-order valence-corrected chi connectivity index (χ2v) is 9.31. The smallest absolute Gasteiger partial charge is 0.255 e. The monoisotopic (exact) mass is 496 g/mol. The summed E-state index contributed by atoms with van der Waals surface area (Å²) >= 11 is 2.71. The van der Waals surface area contributed by atoms with E-state index in [0.717, 1.165) is 5.56 Å². The second kappa shape index (κ2) is 10.6. The van der Waals surface area contributed by atoms with Crippen molar-refractivity contribution in [2.75, 3.05) is 10.6 Å². The molecule has 2 N–H and O–H groups in total. The van der Waals surface area contributed by atoms with Crippen LogP contribution in [-0.2, 0) is 11.8 Å². The maximum Gasteiger partial charge on any atom is 0.255 e. The van der Waals surface area contributed by atoms with Crippen LogP contribution in [0.15, 0.2) is 65.3 Å². The van der Waals surface area contributed by atoms with Crippen LogP contribution < -0.4 is 10.6 Å². The molecule has 2 aromatic carbocycles. The molecule has 2 amide bonds. The summed E-state index contributed by atoms with van der Waals surface area (Å²) in [5.74, 6) is -0.221. The molecule has 1 atom stereocenters. The van der Waals surface area contributed by atoms with Crippen LogP contribution in [0.3, 0.4) is 0 Å². The van der Waals surface area contributed by atoms with E-state index in [-0.39, 0.29) is 17.1 Å². The van der Waals surface area contributed by atoms with Gasteiger partial charge in [-0.1, -0.05) is 18.7 Å². The van der Waals surface area contributed by atoms with Gasteiger partial charge < -0.3 is 15.2 Å². The molecule has 8 nitrogen and oxygen atoms in total. The van der Waals surface area contributed by atoms with Gasteiger partial charge in [0.05, 0.1) is 5.25 Å². The van der Waals surface area contributed by atoms with Crippen LogP contribution in [0.4, 0.5) is 15.2 Å². The number of carbonyl (C=O) groups is 2. The van der Waals surface area contributed by atoms with Crippen molar-refractivity contribution in [2.24, 2.45) is 7.05 Å². The average molecular weight is 497 g/mol. The number of thiazole rings is 1. The molecule has 0 radical (unpaired) electrons. The Bertz CT molecular complexity index is 1270. The first-order chi connectivity index (χ1) is 16.4. The number of amides is 2. The molecule has 174 valence electrons. The van der Waals surface area contributed by atoms with E-state index in [4.69, 9.17) is 0 Å². The third kappa shape index (κ3) is 5.49. The number of hydrogen-bond acceptors (Lipinski definition) is 7. The Hall–Kier alpha value is -3.57. The van der Waals surface area contributed by atoms with Gasteiger partial charge in [-0.25, -0.2) is 9.37 Å². The normalized spacial score (nSPS) is 11.7.